The largest absolute Gasteiger partial charge is 0.380 e. The number of rotatable bonds is 4. The number of nitrogen functional groups attached to an aromatic ring is 1. The van der Waals surface area contributed by atoms with Crippen LogP contribution in [0.4, 0.5) is 11.6 Å². The molecule has 10 nitrogen and oxygen atoms in total. The van der Waals surface area contributed by atoms with Gasteiger partial charge >= 0.3 is 0 Å². The van der Waals surface area contributed by atoms with Gasteiger partial charge in [0.1, 0.15) is 12.7 Å². The second-order valence-electron chi connectivity index (χ2n) is 8.29. The van der Waals surface area contributed by atoms with Gasteiger partial charge in [0.15, 0.2) is 11.6 Å². The van der Waals surface area contributed by atoms with Crippen molar-refractivity contribution in [3.63, 3.8) is 0 Å². The summed E-state index contributed by atoms with van der Waals surface area (Å²) in [7, 11) is 0. The number of amides is 1. The van der Waals surface area contributed by atoms with Gasteiger partial charge in [-0.1, -0.05) is 28.4 Å². The van der Waals surface area contributed by atoms with Crippen molar-refractivity contribution in [2.24, 2.45) is 5.92 Å². The molecule has 1 aliphatic carbocycles. The summed E-state index contributed by atoms with van der Waals surface area (Å²) in [5.41, 5.74) is 7.58. The van der Waals surface area contributed by atoms with E-state index in [0.717, 1.165) is 25.1 Å². The van der Waals surface area contributed by atoms with Gasteiger partial charge in [-0.3, -0.25) is 9.36 Å². The average molecular weight is 485 g/mol. The minimum absolute atomic E-state index is 0.0427. The van der Waals surface area contributed by atoms with E-state index in [1.165, 1.54) is 0 Å². The molecule has 1 aromatic carbocycles. The molecular weight excluding hydrogens is 467 g/mol. The fraction of sp³-hybridized carbons (Fsp3) is 0.286. The van der Waals surface area contributed by atoms with Gasteiger partial charge in [0, 0.05) is 18.4 Å². The van der Waals surface area contributed by atoms with E-state index in [-0.39, 0.29) is 29.7 Å². The van der Waals surface area contributed by atoms with Crippen LogP contribution in [0.3, 0.4) is 0 Å². The van der Waals surface area contributed by atoms with Crippen LogP contribution in [0.15, 0.2) is 41.6 Å². The maximum absolute atomic E-state index is 13.1. The molecule has 2 bridgehead atoms. The Morgan fingerprint density at radius 3 is 2.79 bits per heavy atom. The van der Waals surface area contributed by atoms with Crippen molar-refractivity contribution in [2.75, 3.05) is 17.2 Å². The molecule has 2 aliphatic rings. The zero-order chi connectivity index (χ0) is 22.7. The van der Waals surface area contributed by atoms with E-state index < -0.39 is 0 Å². The number of aromatic nitrogens is 5. The van der Waals surface area contributed by atoms with Crippen LogP contribution in [-0.4, -0.2) is 49.4 Å². The van der Waals surface area contributed by atoms with E-state index in [1.54, 1.807) is 35.6 Å². The summed E-state index contributed by atoms with van der Waals surface area (Å²) in [6, 6.07) is 5.26. The van der Waals surface area contributed by atoms with Gasteiger partial charge in [0.05, 0.1) is 33.1 Å². The first-order chi connectivity index (χ1) is 16.0. The molecule has 0 radical (unpaired) electrons. The topological polar surface area (TPSA) is 128 Å². The molecule has 3 atom stereocenters. The van der Waals surface area contributed by atoms with Crippen LogP contribution in [0.1, 0.15) is 23.2 Å². The Bertz CT molecular complexity index is 1370. The van der Waals surface area contributed by atoms with E-state index >= 15 is 0 Å². The fourth-order valence-corrected chi connectivity index (χ4v) is 5.49. The SMILES string of the molecule is Nc1noc2c(N3CC4CCC3C4NC(=O)c3ccc(-n4cnnc4)cc3Cl)ncc(Cl)c12. The highest BCUT2D eigenvalue weighted by atomic mass is 35.5. The third kappa shape index (κ3) is 3.20. The second-order valence-corrected chi connectivity index (χ2v) is 9.11. The quantitative estimate of drug-likeness (QED) is 0.452. The highest BCUT2D eigenvalue weighted by Crippen LogP contribution is 2.43. The van der Waals surface area contributed by atoms with E-state index in [9.17, 15) is 4.79 Å². The number of pyridine rings is 1. The Labute approximate surface area is 197 Å². The number of benzene rings is 1. The number of fused-ring (bicyclic) bond motifs is 3. The second kappa shape index (κ2) is 7.60. The van der Waals surface area contributed by atoms with Gasteiger partial charge in [-0.2, -0.15) is 0 Å². The molecule has 12 heteroatoms. The number of nitrogens with one attached hydrogen (secondary N) is 1. The molecule has 1 saturated heterocycles. The van der Waals surface area contributed by atoms with E-state index in [4.69, 9.17) is 33.5 Å². The summed E-state index contributed by atoms with van der Waals surface area (Å²) in [4.78, 5) is 19.8. The maximum atomic E-state index is 13.1. The van der Waals surface area contributed by atoms with E-state index in [2.05, 4.69) is 30.6 Å². The lowest BCUT2D eigenvalue weighted by Crippen LogP contribution is -2.44. The van der Waals surface area contributed by atoms with Crippen molar-refractivity contribution in [1.29, 1.82) is 0 Å². The van der Waals surface area contributed by atoms with Gasteiger partial charge in [-0.05, 0) is 37.0 Å². The number of anilines is 2. The smallest absolute Gasteiger partial charge is 0.253 e. The number of piperidine rings is 1. The van der Waals surface area contributed by atoms with Crippen LogP contribution in [0.5, 0.6) is 0 Å². The van der Waals surface area contributed by atoms with Crippen LogP contribution in [0.2, 0.25) is 10.0 Å². The number of hydrogen-bond donors (Lipinski definition) is 2. The number of hydrogen-bond acceptors (Lipinski definition) is 8. The summed E-state index contributed by atoms with van der Waals surface area (Å²) >= 11 is 12.7. The molecule has 1 saturated carbocycles. The van der Waals surface area contributed by atoms with Gasteiger partial charge in [-0.15, -0.1) is 10.2 Å². The Hall–Kier alpha value is -3.37. The molecule has 0 spiro atoms. The van der Waals surface area contributed by atoms with Gasteiger partial charge < -0.3 is 20.5 Å². The van der Waals surface area contributed by atoms with Crippen LogP contribution in [0.25, 0.3) is 16.7 Å². The van der Waals surface area contributed by atoms with Gasteiger partial charge in [-0.25, -0.2) is 4.98 Å². The van der Waals surface area contributed by atoms with Crippen molar-refractivity contribution in [3.8, 4) is 5.69 Å². The Morgan fingerprint density at radius 2 is 2.00 bits per heavy atom. The number of carbonyl (C=O) groups is 1. The molecule has 3 N–H and O–H groups in total. The summed E-state index contributed by atoms with van der Waals surface area (Å²) < 4.78 is 7.17. The Morgan fingerprint density at radius 1 is 1.18 bits per heavy atom. The first-order valence-corrected chi connectivity index (χ1v) is 11.2. The number of halogens is 2. The molecule has 3 unspecified atom stereocenters. The summed E-state index contributed by atoms with van der Waals surface area (Å²) in [5, 5.41) is 15.9. The molecule has 4 aromatic rings. The molecule has 4 heterocycles. The minimum Gasteiger partial charge on any atom is -0.380 e. The monoisotopic (exact) mass is 484 g/mol. The van der Waals surface area contributed by atoms with Crippen LogP contribution < -0.4 is 16.0 Å². The normalized spacial score (nSPS) is 21.8. The Kier molecular flexibility index (Phi) is 4.66. The Balaban J connectivity index is 1.25. The molecular formula is C21H18Cl2N8O2. The third-order valence-corrected chi connectivity index (χ3v) is 7.13. The highest BCUT2D eigenvalue weighted by molar-refractivity contribution is 6.36. The lowest BCUT2D eigenvalue weighted by Gasteiger charge is -2.28. The van der Waals surface area contributed by atoms with Crippen LogP contribution >= 0.6 is 23.2 Å². The van der Waals surface area contributed by atoms with Crippen molar-refractivity contribution < 1.29 is 9.32 Å². The molecule has 6 rings (SSSR count). The van der Waals surface area contributed by atoms with Crippen molar-refractivity contribution in [2.45, 2.75) is 24.9 Å². The molecule has 33 heavy (non-hydrogen) atoms. The van der Waals surface area contributed by atoms with Crippen LogP contribution in [0, 0.1) is 5.92 Å². The number of nitrogens with two attached hydrogens (primary N) is 1. The standard InChI is InChI=1S/C21H18Cl2N8O2/c22-13-5-11(30-8-26-27-9-30)2-3-12(13)21(32)28-17-10-1-4-15(17)31(7-10)20-18-16(14(23)6-25-20)19(24)29-33-18/h2-3,5-6,8-10,15,17H,1,4,7H2,(H2,24,29)(H,28,32). The van der Waals surface area contributed by atoms with E-state index in [1.807, 2.05) is 6.07 Å². The first kappa shape index (κ1) is 20.3. The summed E-state index contributed by atoms with van der Waals surface area (Å²) in [6.07, 6.45) is 6.64. The summed E-state index contributed by atoms with van der Waals surface area (Å²) in [6.45, 7) is 0.736. The van der Waals surface area contributed by atoms with Crippen molar-refractivity contribution in [1.82, 2.24) is 30.2 Å². The number of nitrogens with zero attached hydrogens (tertiary/aromatic N) is 6. The zero-order valence-electron chi connectivity index (χ0n) is 17.2. The van der Waals surface area contributed by atoms with Crippen LogP contribution in [-0.2, 0) is 0 Å². The lowest BCUT2D eigenvalue weighted by atomic mass is 10.1. The van der Waals surface area contributed by atoms with Gasteiger partial charge in [0.2, 0.25) is 5.58 Å². The first-order valence-electron chi connectivity index (χ1n) is 10.4. The predicted molar refractivity (Wildman–Crippen MR) is 123 cm³/mol. The minimum atomic E-state index is -0.211. The number of carbonyl (C=O) groups excluding carboxylic acids is 1. The molecule has 3 aromatic heterocycles. The van der Waals surface area contributed by atoms with Gasteiger partial charge in [0.25, 0.3) is 5.91 Å². The van der Waals surface area contributed by atoms with Crippen molar-refractivity contribution >= 4 is 51.7 Å². The third-order valence-electron chi connectivity index (χ3n) is 6.53. The molecule has 1 aliphatic heterocycles. The average Bonchev–Trinajstić information content (AvgIpc) is 3.60. The molecule has 1 amide bonds. The highest BCUT2D eigenvalue weighted by Gasteiger charge is 2.49. The predicted octanol–water partition coefficient (Wildman–Crippen LogP) is 3.09. The molecule has 168 valence electrons. The zero-order valence-corrected chi connectivity index (χ0v) is 18.7. The van der Waals surface area contributed by atoms with E-state index in [0.29, 0.717) is 32.4 Å². The summed E-state index contributed by atoms with van der Waals surface area (Å²) in [5.74, 6) is 0.942. The molecule has 2 fully saturated rings. The van der Waals surface area contributed by atoms with Crippen molar-refractivity contribution in [3.05, 3.63) is 52.7 Å². The lowest BCUT2D eigenvalue weighted by molar-refractivity contribution is 0.0932. The maximum Gasteiger partial charge on any atom is 0.253 e. The fourth-order valence-electron chi connectivity index (χ4n) is 5.00.